The third-order valence-electron chi connectivity index (χ3n) is 4.12. The average molecular weight is 343 g/mol. The Labute approximate surface area is 148 Å². The SMILES string of the molecule is Cc1cc(N2CCN(c3ccc(F)cc3)CC2)nc(NC(C)(C)C)n1. The van der Waals surface area contributed by atoms with Crippen LogP contribution < -0.4 is 15.1 Å². The average Bonchev–Trinajstić information content (AvgIpc) is 2.53. The quantitative estimate of drug-likeness (QED) is 0.925. The molecule has 0 bridgehead atoms. The number of piperazine rings is 1. The van der Waals surface area contributed by atoms with Gasteiger partial charge in [-0.2, -0.15) is 4.98 Å². The molecule has 1 aliphatic rings. The fourth-order valence-electron chi connectivity index (χ4n) is 2.95. The fourth-order valence-corrected chi connectivity index (χ4v) is 2.95. The molecule has 1 saturated heterocycles. The molecule has 134 valence electrons. The minimum absolute atomic E-state index is 0.0770. The van der Waals surface area contributed by atoms with Crippen LogP contribution in [0.4, 0.5) is 21.8 Å². The van der Waals surface area contributed by atoms with Crippen LogP contribution in [0.5, 0.6) is 0 Å². The first kappa shape index (κ1) is 17.5. The third kappa shape index (κ3) is 4.59. The number of anilines is 3. The van der Waals surface area contributed by atoms with Crippen molar-refractivity contribution in [2.24, 2.45) is 0 Å². The number of benzene rings is 1. The number of hydrogen-bond donors (Lipinski definition) is 1. The predicted molar refractivity (Wildman–Crippen MR) is 101 cm³/mol. The maximum absolute atomic E-state index is 13.1. The number of rotatable bonds is 3. The molecule has 1 fully saturated rings. The van der Waals surface area contributed by atoms with Gasteiger partial charge < -0.3 is 15.1 Å². The summed E-state index contributed by atoms with van der Waals surface area (Å²) < 4.78 is 13.1. The van der Waals surface area contributed by atoms with Gasteiger partial charge >= 0.3 is 0 Å². The van der Waals surface area contributed by atoms with Crippen LogP contribution in [0, 0.1) is 12.7 Å². The zero-order valence-electron chi connectivity index (χ0n) is 15.4. The van der Waals surface area contributed by atoms with E-state index in [0.717, 1.165) is 43.4 Å². The van der Waals surface area contributed by atoms with Gasteiger partial charge in [0.15, 0.2) is 0 Å². The van der Waals surface area contributed by atoms with E-state index in [0.29, 0.717) is 5.95 Å². The van der Waals surface area contributed by atoms with E-state index in [2.05, 4.69) is 45.9 Å². The highest BCUT2D eigenvalue weighted by Gasteiger charge is 2.20. The molecular weight excluding hydrogens is 317 g/mol. The lowest BCUT2D eigenvalue weighted by atomic mass is 10.1. The van der Waals surface area contributed by atoms with E-state index < -0.39 is 0 Å². The second-order valence-corrected chi connectivity index (χ2v) is 7.52. The van der Waals surface area contributed by atoms with Crippen LogP contribution in [-0.4, -0.2) is 41.7 Å². The van der Waals surface area contributed by atoms with Gasteiger partial charge in [-0.1, -0.05) is 0 Å². The molecule has 1 aliphatic heterocycles. The van der Waals surface area contributed by atoms with E-state index in [1.165, 1.54) is 12.1 Å². The summed E-state index contributed by atoms with van der Waals surface area (Å²) in [6, 6.07) is 8.73. The number of aryl methyl sites for hydroxylation is 1. The van der Waals surface area contributed by atoms with Crippen LogP contribution in [0.3, 0.4) is 0 Å². The second kappa shape index (κ2) is 6.86. The van der Waals surface area contributed by atoms with Crippen molar-refractivity contribution in [2.75, 3.05) is 41.3 Å². The molecule has 6 heteroatoms. The number of aromatic nitrogens is 2. The lowest BCUT2D eigenvalue weighted by Gasteiger charge is -2.37. The molecule has 0 spiro atoms. The second-order valence-electron chi connectivity index (χ2n) is 7.52. The molecule has 1 aromatic heterocycles. The minimum atomic E-state index is -0.197. The van der Waals surface area contributed by atoms with Crippen molar-refractivity contribution in [1.29, 1.82) is 0 Å². The van der Waals surface area contributed by atoms with Gasteiger partial charge in [0.1, 0.15) is 11.6 Å². The molecule has 0 aliphatic carbocycles. The first-order chi connectivity index (χ1) is 11.8. The first-order valence-corrected chi connectivity index (χ1v) is 8.69. The van der Waals surface area contributed by atoms with Crippen LogP contribution in [-0.2, 0) is 0 Å². The van der Waals surface area contributed by atoms with Gasteiger partial charge in [0.2, 0.25) is 5.95 Å². The molecule has 0 amide bonds. The highest BCUT2D eigenvalue weighted by molar-refractivity contribution is 5.51. The van der Waals surface area contributed by atoms with Crippen LogP contribution in [0.15, 0.2) is 30.3 Å². The zero-order chi connectivity index (χ0) is 18.0. The van der Waals surface area contributed by atoms with Crippen molar-refractivity contribution in [2.45, 2.75) is 33.2 Å². The predicted octanol–water partition coefficient (Wildman–Crippen LogP) is 3.46. The lowest BCUT2D eigenvalue weighted by molar-refractivity contribution is 0.620. The highest BCUT2D eigenvalue weighted by atomic mass is 19.1. The summed E-state index contributed by atoms with van der Waals surface area (Å²) in [6.45, 7) is 11.8. The molecule has 5 nitrogen and oxygen atoms in total. The van der Waals surface area contributed by atoms with E-state index in [1.807, 2.05) is 25.1 Å². The molecule has 2 heterocycles. The Morgan fingerprint density at radius 2 is 1.56 bits per heavy atom. The van der Waals surface area contributed by atoms with Crippen LogP contribution in [0.25, 0.3) is 0 Å². The maximum Gasteiger partial charge on any atom is 0.225 e. The summed E-state index contributed by atoms with van der Waals surface area (Å²) in [6.07, 6.45) is 0. The van der Waals surface area contributed by atoms with E-state index in [4.69, 9.17) is 0 Å². The Morgan fingerprint density at radius 1 is 0.960 bits per heavy atom. The zero-order valence-corrected chi connectivity index (χ0v) is 15.4. The Bertz CT molecular complexity index is 716. The number of nitrogens with one attached hydrogen (secondary N) is 1. The van der Waals surface area contributed by atoms with E-state index in [1.54, 1.807) is 0 Å². The van der Waals surface area contributed by atoms with Gasteiger partial charge in [0, 0.05) is 49.2 Å². The molecule has 0 atom stereocenters. The maximum atomic E-state index is 13.1. The lowest BCUT2D eigenvalue weighted by Crippen LogP contribution is -2.47. The van der Waals surface area contributed by atoms with Crippen molar-refractivity contribution in [3.63, 3.8) is 0 Å². The Hall–Kier alpha value is -2.37. The summed E-state index contributed by atoms with van der Waals surface area (Å²) in [5.74, 6) is 1.43. The topological polar surface area (TPSA) is 44.3 Å². The highest BCUT2D eigenvalue weighted by Crippen LogP contribution is 2.22. The molecule has 1 aromatic carbocycles. The number of hydrogen-bond acceptors (Lipinski definition) is 5. The van der Waals surface area contributed by atoms with Crippen LogP contribution in [0.2, 0.25) is 0 Å². The molecule has 0 saturated carbocycles. The Kier molecular flexibility index (Phi) is 4.79. The van der Waals surface area contributed by atoms with Crippen molar-refractivity contribution in [1.82, 2.24) is 9.97 Å². The minimum Gasteiger partial charge on any atom is -0.368 e. The Morgan fingerprint density at radius 3 is 2.16 bits per heavy atom. The first-order valence-electron chi connectivity index (χ1n) is 8.69. The summed E-state index contributed by atoms with van der Waals surface area (Å²) in [5, 5.41) is 3.35. The van der Waals surface area contributed by atoms with Crippen LogP contribution in [0.1, 0.15) is 26.5 Å². The Balaban J connectivity index is 1.69. The van der Waals surface area contributed by atoms with Crippen molar-refractivity contribution in [3.8, 4) is 0 Å². The standard InChI is InChI=1S/C19H26FN5/c1-14-13-17(22-18(21-14)23-19(2,3)4)25-11-9-24(10-12-25)16-7-5-15(20)6-8-16/h5-8,13H,9-12H2,1-4H3,(H,21,22,23). The molecular formula is C19H26FN5. The monoisotopic (exact) mass is 343 g/mol. The summed E-state index contributed by atoms with van der Waals surface area (Å²) >= 11 is 0. The third-order valence-corrected chi connectivity index (χ3v) is 4.12. The molecule has 1 N–H and O–H groups in total. The van der Waals surface area contributed by atoms with Gasteiger partial charge in [-0.25, -0.2) is 9.37 Å². The summed E-state index contributed by atoms with van der Waals surface area (Å²) in [7, 11) is 0. The van der Waals surface area contributed by atoms with Crippen LogP contribution >= 0.6 is 0 Å². The summed E-state index contributed by atoms with van der Waals surface area (Å²) in [5.41, 5.74) is 1.94. The van der Waals surface area contributed by atoms with Gasteiger partial charge in [-0.05, 0) is 52.0 Å². The van der Waals surface area contributed by atoms with Gasteiger partial charge in [-0.15, -0.1) is 0 Å². The molecule has 3 rings (SSSR count). The molecule has 2 aromatic rings. The molecule has 0 radical (unpaired) electrons. The van der Waals surface area contributed by atoms with Gasteiger partial charge in [0.05, 0.1) is 0 Å². The van der Waals surface area contributed by atoms with Gasteiger partial charge in [0.25, 0.3) is 0 Å². The summed E-state index contributed by atoms with van der Waals surface area (Å²) in [4.78, 5) is 13.7. The smallest absolute Gasteiger partial charge is 0.225 e. The van der Waals surface area contributed by atoms with Crippen molar-refractivity contribution >= 4 is 17.5 Å². The largest absolute Gasteiger partial charge is 0.368 e. The molecule has 25 heavy (non-hydrogen) atoms. The van der Waals surface area contributed by atoms with Crippen molar-refractivity contribution in [3.05, 3.63) is 41.8 Å². The van der Waals surface area contributed by atoms with Crippen molar-refractivity contribution < 1.29 is 4.39 Å². The fraction of sp³-hybridized carbons (Fsp3) is 0.474. The number of nitrogens with zero attached hydrogens (tertiary/aromatic N) is 4. The van der Waals surface area contributed by atoms with E-state index >= 15 is 0 Å². The van der Waals surface area contributed by atoms with E-state index in [-0.39, 0.29) is 11.4 Å². The normalized spacial score (nSPS) is 15.4. The van der Waals surface area contributed by atoms with Gasteiger partial charge in [-0.3, -0.25) is 0 Å². The molecule has 0 unspecified atom stereocenters. The van der Waals surface area contributed by atoms with E-state index in [9.17, 15) is 4.39 Å². The number of halogens is 1.